The number of rotatable bonds is 6. The van der Waals surface area contributed by atoms with Crippen LogP contribution in [0.4, 0.5) is 0 Å². The normalized spacial score (nSPS) is 10.4. The Morgan fingerprint density at radius 2 is 2.29 bits per heavy atom. The second-order valence-electron chi connectivity index (χ2n) is 2.87. The number of aromatic nitrogens is 2. The molecule has 78 valence electrons. The summed E-state index contributed by atoms with van der Waals surface area (Å²) in [7, 11) is 0. The van der Waals surface area contributed by atoms with Crippen molar-refractivity contribution in [3.8, 4) is 0 Å². The van der Waals surface area contributed by atoms with E-state index >= 15 is 0 Å². The van der Waals surface area contributed by atoms with Crippen molar-refractivity contribution in [2.75, 3.05) is 11.5 Å². The van der Waals surface area contributed by atoms with Gasteiger partial charge in [0.25, 0.3) is 5.56 Å². The summed E-state index contributed by atoms with van der Waals surface area (Å²) in [6, 6.07) is 1.42. The number of thiol groups is 1. The SMILES string of the molecule is O=c1ccnc(SCCCCCS)[nH]1. The standard InChI is InChI=1S/C9H14N2OS2/c12-8-4-5-10-9(11-8)14-7-3-1-2-6-13/h4-5,13H,1-3,6-7H2,(H,10,11,12). The van der Waals surface area contributed by atoms with E-state index in [-0.39, 0.29) is 5.56 Å². The number of nitrogens with zero attached hydrogens (tertiary/aromatic N) is 1. The van der Waals surface area contributed by atoms with Crippen LogP contribution in [-0.2, 0) is 0 Å². The molecule has 14 heavy (non-hydrogen) atoms. The van der Waals surface area contributed by atoms with Crippen LogP contribution < -0.4 is 5.56 Å². The third-order valence-electron chi connectivity index (χ3n) is 1.69. The van der Waals surface area contributed by atoms with E-state index in [1.165, 1.54) is 18.7 Å². The Kier molecular flexibility index (Phi) is 5.78. The average molecular weight is 230 g/mol. The van der Waals surface area contributed by atoms with Crippen molar-refractivity contribution < 1.29 is 0 Å². The fraction of sp³-hybridized carbons (Fsp3) is 0.556. The molecule has 0 bridgehead atoms. The van der Waals surface area contributed by atoms with Crippen molar-refractivity contribution in [3.63, 3.8) is 0 Å². The van der Waals surface area contributed by atoms with Gasteiger partial charge in [0.2, 0.25) is 0 Å². The number of aromatic amines is 1. The van der Waals surface area contributed by atoms with Crippen LogP contribution in [-0.4, -0.2) is 21.5 Å². The largest absolute Gasteiger partial charge is 0.301 e. The van der Waals surface area contributed by atoms with Gasteiger partial charge < -0.3 is 4.98 Å². The first-order chi connectivity index (χ1) is 6.83. The predicted molar refractivity (Wildman–Crippen MR) is 63.3 cm³/mol. The van der Waals surface area contributed by atoms with Crippen LogP contribution in [0.1, 0.15) is 19.3 Å². The minimum Gasteiger partial charge on any atom is -0.301 e. The first kappa shape index (κ1) is 11.7. The zero-order valence-corrected chi connectivity index (χ0v) is 9.61. The Balaban J connectivity index is 2.21. The van der Waals surface area contributed by atoms with Gasteiger partial charge in [0.05, 0.1) is 0 Å². The van der Waals surface area contributed by atoms with E-state index in [9.17, 15) is 4.79 Å². The van der Waals surface area contributed by atoms with Gasteiger partial charge in [0, 0.05) is 18.0 Å². The van der Waals surface area contributed by atoms with Crippen molar-refractivity contribution >= 4 is 24.4 Å². The van der Waals surface area contributed by atoms with Crippen LogP contribution in [0.3, 0.4) is 0 Å². The lowest BCUT2D eigenvalue weighted by molar-refractivity contribution is 0.785. The van der Waals surface area contributed by atoms with Gasteiger partial charge in [0.15, 0.2) is 5.16 Å². The smallest absolute Gasteiger partial charge is 0.251 e. The summed E-state index contributed by atoms with van der Waals surface area (Å²) in [5.41, 5.74) is -0.0853. The maximum atomic E-state index is 10.9. The monoisotopic (exact) mass is 230 g/mol. The van der Waals surface area contributed by atoms with Gasteiger partial charge in [-0.3, -0.25) is 4.79 Å². The van der Waals surface area contributed by atoms with Crippen LogP contribution in [0.2, 0.25) is 0 Å². The Morgan fingerprint density at radius 3 is 3.00 bits per heavy atom. The maximum Gasteiger partial charge on any atom is 0.251 e. The third kappa shape index (κ3) is 4.72. The van der Waals surface area contributed by atoms with E-state index in [0.717, 1.165) is 24.3 Å². The molecule has 0 radical (unpaired) electrons. The molecule has 5 heteroatoms. The minimum absolute atomic E-state index is 0.0853. The second kappa shape index (κ2) is 6.95. The molecule has 0 saturated carbocycles. The molecule has 0 aliphatic rings. The lowest BCUT2D eigenvalue weighted by Gasteiger charge is -1.99. The molecule has 0 saturated heterocycles. The van der Waals surface area contributed by atoms with Crippen molar-refractivity contribution in [1.29, 1.82) is 0 Å². The highest BCUT2D eigenvalue weighted by Crippen LogP contribution is 2.12. The average Bonchev–Trinajstić information content (AvgIpc) is 2.18. The van der Waals surface area contributed by atoms with E-state index in [1.807, 2.05) is 0 Å². The molecule has 1 heterocycles. The quantitative estimate of drug-likeness (QED) is 0.340. The van der Waals surface area contributed by atoms with Gasteiger partial charge in [-0.05, 0) is 18.6 Å². The zero-order valence-electron chi connectivity index (χ0n) is 7.90. The summed E-state index contributed by atoms with van der Waals surface area (Å²) in [6.45, 7) is 0. The number of hydrogen-bond acceptors (Lipinski definition) is 4. The van der Waals surface area contributed by atoms with Gasteiger partial charge in [-0.15, -0.1) is 0 Å². The molecular formula is C9H14N2OS2. The molecule has 0 unspecified atom stereocenters. The van der Waals surface area contributed by atoms with Crippen molar-refractivity contribution in [2.24, 2.45) is 0 Å². The maximum absolute atomic E-state index is 10.9. The number of nitrogens with one attached hydrogen (secondary N) is 1. The number of hydrogen-bond donors (Lipinski definition) is 2. The highest BCUT2D eigenvalue weighted by Gasteiger charge is 1.95. The summed E-state index contributed by atoms with van der Waals surface area (Å²) >= 11 is 5.73. The summed E-state index contributed by atoms with van der Waals surface area (Å²) in [6.07, 6.45) is 5.02. The molecule has 0 aliphatic heterocycles. The Labute approximate surface area is 93.1 Å². The Morgan fingerprint density at radius 1 is 1.43 bits per heavy atom. The fourth-order valence-electron chi connectivity index (χ4n) is 0.985. The van der Waals surface area contributed by atoms with E-state index in [4.69, 9.17) is 0 Å². The topological polar surface area (TPSA) is 45.8 Å². The molecule has 1 aromatic rings. The predicted octanol–water partition coefficient (Wildman–Crippen LogP) is 1.96. The fourth-order valence-corrected chi connectivity index (χ4v) is 2.06. The third-order valence-corrected chi connectivity index (χ3v) is 2.98. The van der Waals surface area contributed by atoms with Crippen molar-refractivity contribution in [1.82, 2.24) is 9.97 Å². The van der Waals surface area contributed by atoms with Crippen LogP contribution >= 0.6 is 24.4 Å². The second-order valence-corrected chi connectivity index (χ2v) is 4.40. The van der Waals surface area contributed by atoms with E-state index in [1.54, 1.807) is 11.8 Å². The first-order valence-corrected chi connectivity index (χ1v) is 6.24. The summed E-state index contributed by atoms with van der Waals surface area (Å²) in [4.78, 5) is 17.6. The first-order valence-electron chi connectivity index (χ1n) is 4.62. The molecule has 1 rings (SSSR count). The number of thioether (sulfide) groups is 1. The van der Waals surface area contributed by atoms with Gasteiger partial charge >= 0.3 is 0 Å². The highest BCUT2D eigenvalue weighted by atomic mass is 32.2. The van der Waals surface area contributed by atoms with E-state index in [0.29, 0.717) is 5.16 Å². The lowest BCUT2D eigenvalue weighted by atomic mass is 10.3. The zero-order chi connectivity index (χ0) is 10.2. The van der Waals surface area contributed by atoms with E-state index < -0.39 is 0 Å². The van der Waals surface area contributed by atoms with Crippen LogP contribution in [0.15, 0.2) is 22.2 Å². The molecule has 3 nitrogen and oxygen atoms in total. The van der Waals surface area contributed by atoms with Crippen LogP contribution in [0.25, 0.3) is 0 Å². The Bertz CT molecular complexity index is 314. The summed E-state index contributed by atoms with van der Waals surface area (Å²) in [5.74, 6) is 1.95. The minimum atomic E-state index is -0.0853. The summed E-state index contributed by atoms with van der Waals surface area (Å²) < 4.78 is 0. The van der Waals surface area contributed by atoms with Crippen LogP contribution in [0, 0.1) is 0 Å². The molecule has 0 amide bonds. The Hall–Kier alpha value is -0.420. The lowest BCUT2D eigenvalue weighted by Crippen LogP contribution is -2.05. The van der Waals surface area contributed by atoms with Gasteiger partial charge in [-0.25, -0.2) is 4.98 Å². The van der Waals surface area contributed by atoms with Crippen LogP contribution in [0.5, 0.6) is 0 Å². The van der Waals surface area contributed by atoms with E-state index in [2.05, 4.69) is 22.6 Å². The number of H-pyrrole nitrogens is 1. The van der Waals surface area contributed by atoms with Gasteiger partial charge in [-0.2, -0.15) is 12.6 Å². The molecule has 0 aromatic carbocycles. The molecule has 1 N–H and O–H groups in total. The molecule has 0 aliphatic carbocycles. The molecular weight excluding hydrogens is 216 g/mol. The number of unbranched alkanes of at least 4 members (excludes halogenated alkanes) is 2. The highest BCUT2D eigenvalue weighted by molar-refractivity contribution is 7.99. The molecule has 1 aromatic heterocycles. The molecule has 0 fully saturated rings. The summed E-state index contributed by atoms with van der Waals surface area (Å²) in [5, 5.41) is 0.711. The molecule has 0 spiro atoms. The van der Waals surface area contributed by atoms with Crippen molar-refractivity contribution in [2.45, 2.75) is 24.4 Å². The van der Waals surface area contributed by atoms with Gasteiger partial charge in [0.1, 0.15) is 0 Å². The van der Waals surface area contributed by atoms with Gasteiger partial charge in [-0.1, -0.05) is 18.2 Å². The molecule has 0 atom stereocenters. The van der Waals surface area contributed by atoms with Crippen molar-refractivity contribution in [3.05, 3.63) is 22.6 Å².